The largest absolute Gasteiger partial charge is 0.416 e. The fraction of sp³-hybridized carbons (Fsp3) is 0.526. The molecule has 0 bridgehead atoms. The van der Waals surface area contributed by atoms with E-state index < -0.39 is 11.7 Å². The van der Waals surface area contributed by atoms with E-state index in [1.54, 1.807) is 7.05 Å². The molecule has 0 saturated carbocycles. The molecule has 1 N–H and O–H groups in total. The van der Waals surface area contributed by atoms with Crippen molar-refractivity contribution in [2.45, 2.75) is 31.9 Å². The highest BCUT2D eigenvalue weighted by Gasteiger charge is 2.30. The number of aromatic nitrogens is 2. The lowest BCUT2D eigenvalue weighted by atomic mass is 9.96. The molecule has 0 spiro atoms. The quantitative estimate of drug-likeness (QED) is 0.812. The molecule has 2 aromatic rings. The number of hydrogen-bond acceptors (Lipinski definition) is 5. The van der Waals surface area contributed by atoms with Gasteiger partial charge < -0.3 is 14.7 Å². The number of piperidine rings is 1. The molecule has 152 valence electrons. The van der Waals surface area contributed by atoms with E-state index in [1.165, 1.54) is 12.1 Å². The van der Waals surface area contributed by atoms with E-state index >= 15 is 0 Å². The molecule has 0 atom stereocenters. The highest BCUT2D eigenvalue weighted by atomic mass is 19.4. The third-order valence-corrected chi connectivity index (χ3v) is 4.99. The molecule has 1 aliphatic rings. The molecule has 28 heavy (non-hydrogen) atoms. The Balaban J connectivity index is 1.49. The van der Waals surface area contributed by atoms with Crippen molar-refractivity contribution in [1.82, 2.24) is 20.4 Å². The lowest BCUT2D eigenvalue weighted by molar-refractivity contribution is -0.137. The van der Waals surface area contributed by atoms with Crippen LogP contribution in [0.25, 0.3) is 11.4 Å². The van der Waals surface area contributed by atoms with Crippen molar-refractivity contribution < 1.29 is 22.5 Å². The Morgan fingerprint density at radius 2 is 2.07 bits per heavy atom. The van der Waals surface area contributed by atoms with Gasteiger partial charge in [-0.05, 0) is 51.0 Å². The SMILES string of the molecule is CNC(=O)C1CCN(CCCc2nc(-c3cccc(C(F)(F)F)c3)no2)CC1. The van der Waals surface area contributed by atoms with E-state index in [0.717, 1.165) is 51.0 Å². The fourth-order valence-electron chi connectivity index (χ4n) is 3.39. The van der Waals surface area contributed by atoms with Crippen molar-refractivity contribution in [3.05, 3.63) is 35.7 Å². The van der Waals surface area contributed by atoms with Crippen LogP contribution >= 0.6 is 0 Å². The average Bonchev–Trinajstić information content (AvgIpc) is 3.16. The molecule has 0 aliphatic carbocycles. The number of nitrogens with zero attached hydrogens (tertiary/aromatic N) is 3. The third kappa shape index (κ3) is 5.09. The monoisotopic (exact) mass is 396 g/mol. The highest BCUT2D eigenvalue weighted by molar-refractivity contribution is 5.78. The Hall–Kier alpha value is -2.42. The maximum absolute atomic E-state index is 12.8. The van der Waals surface area contributed by atoms with Gasteiger partial charge >= 0.3 is 6.18 Å². The van der Waals surface area contributed by atoms with Gasteiger partial charge in [-0.2, -0.15) is 18.2 Å². The summed E-state index contributed by atoms with van der Waals surface area (Å²) in [7, 11) is 1.66. The number of carbonyl (C=O) groups excluding carboxylic acids is 1. The second kappa shape index (κ2) is 8.72. The summed E-state index contributed by atoms with van der Waals surface area (Å²) in [5.74, 6) is 0.764. The van der Waals surface area contributed by atoms with Gasteiger partial charge in [0.2, 0.25) is 17.6 Å². The van der Waals surface area contributed by atoms with E-state index in [9.17, 15) is 18.0 Å². The normalized spacial score (nSPS) is 16.3. The minimum Gasteiger partial charge on any atom is -0.359 e. The van der Waals surface area contributed by atoms with Crippen molar-refractivity contribution in [1.29, 1.82) is 0 Å². The van der Waals surface area contributed by atoms with E-state index in [0.29, 0.717) is 12.3 Å². The molecule has 2 heterocycles. The first-order chi connectivity index (χ1) is 13.4. The molecule has 9 heteroatoms. The molecule has 0 unspecified atom stereocenters. The number of likely N-dealkylation sites (tertiary alicyclic amines) is 1. The van der Waals surface area contributed by atoms with Gasteiger partial charge in [-0.3, -0.25) is 4.79 Å². The lowest BCUT2D eigenvalue weighted by Crippen LogP contribution is -2.39. The fourth-order valence-corrected chi connectivity index (χ4v) is 3.39. The van der Waals surface area contributed by atoms with Crippen LogP contribution in [-0.2, 0) is 17.4 Å². The molecule has 6 nitrogen and oxygen atoms in total. The van der Waals surface area contributed by atoms with Crippen LogP contribution in [0, 0.1) is 5.92 Å². The number of aryl methyl sites for hydroxylation is 1. The number of rotatable bonds is 6. The number of carbonyl (C=O) groups is 1. The number of benzene rings is 1. The maximum atomic E-state index is 12.8. The Morgan fingerprint density at radius 3 is 2.75 bits per heavy atom. The Bertz CT molecular complexity index is 798. The van der Waals surface area contributed by atoms with Crippen LogP contribution in [0.5, 0.6) is 0 Å². The van der Waals surface area contributed by atoms with Crippen LogP contribution in [0.1, 0.15) is 30.7 Å². The summed E-state index contributed by atoms with van der Waals surface area (Å²) in [6, 6.07) is 4.89. The van der Waals surface area contributed by atoms with Crippen molar-refractivity contribution in [2.24, 2.45) is 5.92 Å². The Labute approximate surface area is 161 Å². The zero-order valence-electron chi connectivity index (χ0n) is 15.6. The van der Waals surface area contributed by atoms with Crippen LogP contribution in [0.4, 0.5) is 13.2 Å². The smallest absolute Gasteiger partial charge is 0.359 e. The van der Waals surface area contributed by atoms with Crippen LogP contribution in [0.15, 0.2) is 28.8 Å². The molecule has 0 radical (unpaired) electrons. The van der Waals surface area contributed by atoms with Crippen molar-refractivity contribution >= 4 is 5.91 Å². The third-order valence-electron chi connectivity index (χ3n) is 4.99. The van der Waals surface area contributed by atoms with Gasteiger partial charge in [-0.15, -0.1) is 0 Å². The van der Waals surface area contributed by atoms with Gasteiger partial charge in [-0.25, -0.2) is 0 Å². The van der Waals surface area contributed by atoms with Gasteiger partial charge in [0.15, 0.2) is 0 Å². The van der Waals surface area contributed by atoms with Crippen molar-refractivity contribution in [3.8, 4) is 11.4 Å². The summed E-state index contributed by atoms with van der Waals surface area (Å²) in [6.07, 6.45) is -1.36. The summed E-state index contributed by atoms with van der Waals surface area (Å²) in [4.78, 5) is 18.2. The summed E-state index contributed by atoms with van der Waals surface area (Å²) >= 11 is 0. The number of halogens is 3. The molecule has 1 fully saturated rings. The first kappa shape index (κ1) is 20.3. The molecule has 1 aromatic heterocycles. The van der Waals surface area contributed by atoms with E-state index in [1.807, 2.05) is 0 Å². The van der Waals surface area contributed by atoms with Crippen LogP contribution in [0.3, 0.4) is 0 Å². The van der Waals surface area contributed by atoms with E-state index in [-0.39, 0.29) is 23.2 Å². The number of hydrogen-bond donors (Lipinski definition) is 1. The molecule has 1 amide bonds. The highest BCUT2D eigenvalue weighted by Crippen LogP contribution is 2.31. The standard InChI is InChI=1S/C19H23F3N4O2/c1-23-18(27)13-7-10-26(11-8-13)9-3-6-16-24-17(25-28-16)14-4-2-5-15(12-14)19(20,21)22/h2,4-5,12-13H,3,6-11H2,1H3,(H,23,27). The molecule has 1 aromatic carbocycles. The Morgan fingerprint density at radius 1 is 1.32 bits per heavy atom. The van der Waals surface area contributed by atoms with Crippen molar-refractivity contribution in [3.63, 3.8) is 0 Å². The predicted molar refractivity (Wildman–Crippen MR) is 96.3 cm³/mol. The number of alkyl halides is 3. The average molecular weight is 396 g/mol. The first-order valence-corrected chi connectivity index (χ1v) is 9.31. The zero-order chi connectivity index (χ0) is 20.1. The second-order valence-corrected chi connectivity index (χ2v) is 6.92. The second-order valence-electron chi connectivity index (χ2n) is 6.92. The van der Waals surface area contributed by atoms with Gasteiger partial charge in [-0.1, -0.05) is 17.3 Å². The van der Waals surface area contributed by atoms with Gasteiger partial charge in [0.25, 0.3) is 0 Å². The minimum absolute atomic E-state index is 0.0900. The minimum atomic E-state index is -4.41. The summed E-state index contributed by atoms with van der Waals surface area (Å²) in [5.41, 5.74) is -0.461. The predicted octanol–water partition coefficient (Wildman–Crippen LogP) is 3.15. The van der Waals surface area contributed by atoms with Gasteiger partial charge in [0, 0.05) is 24.9 Å². The molecule has 1 aliphatic heterocycles. The van der Waals surface area contributed by atoms with E-state index in [2.05, 4.69) is 20.4 Å². The molecule has 1 saturated heterocycles. The van der Waals surface area contributed by atoms with Crippen LogP contribution < -0.4 is 5.32 Å². The lowest BCUT2D eigenvalue weighted by Gasteiger charge is -2.30. The van der Waals surface area contributed by atoms with Crippen LogP contribution in [0.2, 0.25) is 0 Å². The molecular weight excluding hydrogens is 373 g/mol. The topological polar surface area (TPSA) is 71.3 Å². The summed E-state index contributed by atoms with van der Waals surface area (Å²) in [6.45, 7) is 2.59. The molecule has 3 rings (SSSR count). The number of amides is 1. The Kier molecular flexibility index (Phi) is 6.33. The zero-order valence-corrected chi connectivity index (χ0v) is 15.6. The number of nitrogens with one attached hydrogen (secondary N) is 1. The maximum Gasteiger partial charge on any atom is 0.416 e. The van der Waals surface area contributed by atoms with Crippen molar-refractivity contribution in [2.75, 3.05) is 26.7 Å². The summed E-state index contributed by atoms with van der Waals surface area (Å²) in [5, 5.41) is 6.50. The van der Waals surface area contributed by atoms with E-state index in [4.69, 9.17) is 4.52 Å². The van der Waals surface area contributed by atoms with Gasteiger partial charge in [0.1, 0.15) is 0 Å². The molecular formula is C19H23F3N4O2. The first-order valence-electron chi connectivity index (χ1n) is 9.31. The van der Waals surface area contributed by atoms with Crippen LogP contribution in [-0.4, -0.2) is 47.6 Å². The summed E-state index contributed by atoms with van der Waals surface area (Å²) < 4.78 is 43.7. The van der Waals surface area contributed by atoms with Gasteiger partial charge in [0.05, 0.1) is 5.56 Å².